The van der Waals surface area contributed by atoms with Crippen molar-refractivity contribution in [3.05, 3.63) is 45.7 Å². The van der Waals surface area contributed by atoms with Crippen LogP contribution in [0.4, 0.5) is 0 Å². The Morgan fingerprint density at radius 3 is 2.88 bits per heavy atom. The zero-order valence-electron chi connectivity index (χ0n) is 9.24. The molecule has 0 fully saturated rings. The lowest BCUT2D eigenvalue weighted by atomic mass is 10.2. The van der Waals surface area contributed by atoms with Crippen LogP contribution in [-0.4, -0.2) is 14.4 Å². The fourth-order valence-electron chi connectivity index (χ4n) is 1.53. The molecule has 0 saturated heterocycles. The number of aromatic nitrogens is 3. The van der Waals surface area contributed by atoms with E-state index in [2.05, 4.69) is 45.2 Å². The van der Waals surface area contributed by atoms with Gasteiger partial charge in [-0.2, -0.15) is 0 Å². The molecule has 0 amide bonds. The summed E-state index contributed by atoms with van der Waals surface area (Å²) < 4.78 is 3.07. The molecule has 0 bridgehead atoms. The van der Waals surface area contributed by atoms with Crippen molar-refractivity contribution in [3.8, 4) is 0 Å². The second-order valence-corrected chi connectivity index (χ2v) is 4.82. The van der Waals surface area contributed by atoms with Gasteiger partial charge in [-0.3, -0.25) is 4.40 Å². The number of imidazole rings is 1. The summed E-state index contributed by atoms with van der Waals surface area (Å²) >= 11 is 2.24. The highest BCUT2D eigenvalue weighted by atomic mass is 127. The highest BCUT2D eigenvalue weighted by molar-refractivity contribution is 14.1. The van der Waals surface area contributed by atoms with Gasteiger partial charge < -0.3 is 0 Å². The van der Waals surface area contributed by atoms with Gasteiger partial charge in [-0.05, 0) is 42.5 Å². The third kappa shape index (κ3) is 1.89. The predicted molar refractivity (Wildman–Crippen MR) is 74.7 cm³/mol. The predicted octanol–water partition coefficient (Wildman–Crippen LogP) is 3.31. The van der Waals surface area contributed by atoms with Gasteiger partial charge in [0.15, 0.2) is 0 Å². The van der Waals surface area contributed by atoms with E-state index in [4.69, 9.17) is 0 Å². The van der Waals surface area contributed by atoms with Crippen molar-refractivity contribution in [1.82, 2.24) is 14.4 Å². The quantitative estimate of drug-likeness (QED) is 0.626. The Morgan fingerprint density at radius 2 is 2.19 bits per heavy atom. The average Bonchev–Trinajstić information content (AvgIpc) is 2.64. The normalized spacial score (nSPS) is 12.1. The zero-order chi connectivity index (χ0) is 11.7. The van der Waals surface area contributed by atoms with E-state index in [1.165, 1.54) is 0 Å². The first kappa shape index (κ1) is 11.3. The second kappa shape index (κ2) is 4.37. The maximum Gasteiger partial charge on any atom is 0.147 e. The summed E-state index contributed by atoms with van der Waals surface area (Å²) in [6, 6.07) is 0. The van der Waals surface area contributed by atoms with Crippen molar-refractivity contribution >= 4 is 34.3 Å². The van der Waals surface area contributed by atoms with Crippen LogP contribution in [0.1, 0.15) is 17.0 Å². The van der Waals surface area contributed by atoms with Crippen LogP contribution in [0.25, 0.3) is 11.7 Å². The molecule has 82 valence electrons. The van der Waals surface area contributed by atoms with Gasteiger partial charge in [0.1, 0.15) is 12.0 Å². The molecule has 0 radical (unpaired) electrons. The molecule has 0 N–H and O–H groups in total. The molecule has 0 spiro atoms. The summed E-state index contributed by atoms with van der Waals surface area (Å²) in [4.78, 5) is 8.78. The molecule has 0 aromatic carbocycles. The summed E-state index contributed by atoms with van der Waals surface area (Å²) in [5.74, 6) is 0. The van der Waals surface area contributed by atoms with Crippen molar-refractivity contribution in [3.63, 3.8) is 0 Å². The summed E-state index contributed by atoms with van der Waals surface area (Å²) in [6.45, 7) is 7.75. The minimum atomic E-state index is 0.945. The van der Waals surface area contributed by atoms with Crippen molar-refractivity contribution in [2.45, 2.75) is 13.8 Å². The highest BCUT2D eigenvalue weighted by Crippen LogP contribution is 2.20. The Kier molecular flexibility index (Phi) is 3.09. The van der Waals surface area contributed by atoms with Crippen LogP contribution in [0, 0.1) is 13.8 Å². The molecule has 2 aromatic heterocycles. The van der Waals surface area contributed by atoms with Crippen LogP contribution in [0.5, 0.6) is 0 Å². The zero-order valence-corrected chi connectivity index (χ0v) is 11.4. The number of hydrogen-bond donors (Lipinski definition) is 0. The van der Waals surface area contributed by atoms with E-state index in [1.807, 2.05) is 36.8 Å². The van der Waals surface area contributed by atoms with Gasteiger partial charge >= 0.3 is 0 Å². The minimum absolute atomic E-state index is 0.945. The third-order valence-corrected chi connectivity index (χ3v) is 3.21. The van der Waals surface area contributed by atoms with Crippen LogP contribution in [0.2, 0.25) is 0 Å². The summed E-state index contributed by atoms with van der Waals surface area (Å²) in [6.07, 6.45) is 7.54. The lowest BCUT2D eigenvalue weighted by molar-refractivity contribution is 1.01. The molecular weight excluding hydrogens is 313 g/mol. The van der Waals surface area contributed by atoms with Crippen molar-refractivity contribution in [2.24, 2.45) is 0 Å². The third-order valence-electron chi connectivity index (χ3n) is 2.46. The van der Waals surface area contributed by atoms with E-state index in [0.29, 0.717) is 0 Å². The number of fused-ring (bicyclic) bond motifs is 1. The van der Waals surface area contributed by atoms with Crippen LogP contribution in [0.15, 0.2) is 28.8 Å². The van der Waals surface area contributed by atoms with E-state index >= 15 is 0 Å². The van der Waals surface area contributed by atoms with Gasteiger partial charge in [-0.15, -0.1) is 0 Å². The fourth-order valence-corrected chi connectivity index (χ4v) is 1.84. The SMILES string of the molecule is C=C/C(I)=C\c1c(C)ncn2c(C)cnc12. The summed E-state index contributed by atoms with van der Waals surface area (Å²) in [5.41, 5.74) is 4.07. The van der Waals surface area contributed by atoms with Gasteiger partial charge in [-0.25, -0.2) is 9.97 Å². The number of rotatable bonds is 2. The monoisotopic (exact) mass is 325 g/mol. The van der Waals surface area contributed by atoms with Crippen LogP contribution >= 0.6 is 22.6 Å². The maximum absolute atomic E-state index is 4.41. The molecule has 2 aromatic rings. The second-order valence-electron chi connectivity index (χ2n) is 3.57. The molecule has 0 saturated carbocycles. The van der Waals surface area contributed by atoms with E-state index in [0.717, 1.165) is 26.2 Å². The topological polar surface area (TPSA) is 30.2 Å². The molecule has 2 heterocycles. The van der Waals surface area contributed by atoms with Crippen molar-refractivity contribution in [2.75, 3.05) is 0 Å². The van der Waals surface area contributed by atoms with Crippen LogP contribution in [0.3, 0.4) is 0 Å². The number of allylic oxidation sites excluding steroid dienone is 2. The van der Waals surface area contributed by atoms with E-state index in [9.17, 15) is 0 Å². The van der Waals surface area contributed by atoms with Gasteiger partial charge in [0.05, 0.1) is 5.69 Å². The lowest BCUT2D eigenvalue weighted by Crippen LogP contribution is -1.96. The Hall–Kier alpha value is -1.17. The first-order valence-corrected chi connectivity index (χ1v) is 6.00. The fraction of sp³-hybridized carbons (Fsp3) is 0.167. The summed E-state index contributed by atoms with van der Waals surface area (Å²) in [7, 11) is 0. The Labute approximate surface area is 108 Å². The van der Waals surface area contributed by atoms with Gasteiger partial charge in [0.25, 0.3) is 0 Å². The molecule has 0 unspecified atom stereocenters. The van der Waals surface area contributed by atoms with Crippen LogP contribution in [-0.2, 0) is 0 Å². The largest absolute Gasteiger partial charge is 0.287 e. The highest BCUT2D eigenvalue weighted by Gasteiger charge is 2.07. The first-order valence-electron chi connectivity index (χ1n) is 4.92. The Bertz CT molecular complexity index is 581. The number of nitrogens with zero attached hydrogens (tertiary/aromatic N) is 3. The maximum atomic E-state index is 4.41. The van der Waals surface area contributed by atoms with Crippen molar-refractivity contribution < 1.29 is 0 Å². The number of halogens is 1. The Morgan fingerprint density at radius 1 is 1.44 bits per heavy atom. The van der Waals surface area contributed by atoms with Gasteiger partial charge in [-0.1, -0.05) is 12.7 Å². The van der Waals surface area contributed by atoms with Crippen molar-refractivity contribution in [1.29, 1.82) is 0 Å². The molecule has 0 atom stereocenters. The van der Waals surface area contributed by atoms with E-state index in [1.54, 1.807) is 0 Å². The molecule has 3 nitrogen and oxygen atoms in total. The van der Waals surface area contributed by atoms with Gasteiger partial charge in [0.2, 0.25) is 0 Å². The van der Waals surface area contributed by atoms with Gasteiger partial charge in [0, 0.05) is 21.0 Å². The summed E-state index contributed by atoms with van der Waals surface area (Å²) in [5, 5.41) is 0. The molecule has 0 aliphatic carbocycles. The van der Waals surface area contributed by atoms with E-state index in [-0.39, 0.29) is 0 Å². The first-order chi connectivity index (χ1) is 7.63. The molecule has 0 aliphatic heterocycles. The molecule has 16 heavy (non-hydrogen) atoms. The lowest BCUT2D eigenvalue weighted by Gasteiger charge is -2.03. The Balaban J connectivity index is 2.76. The molecule has 0 aliphatic rings. The number of aryl methyl sites for hydroxylation is 2. The van der Waals surface area contributed by atoms with E-state index < -0.39 is 0 Å². The van der Waals surface area contributed by atoms with Crippen LogP contribution < -0.4 is 0 Å². The molecular formula is C12H12IN3. The smallest absolute Gasteiger partial charge is 0.147 e. The molecule has 4 heteroatoms. The average molecular weight is 325 g/mol. The standard InChI is InChI=1S/C12H12IN3/c1-4-10(13)5-11-9(3)15-7-16-8(2)6-14-12(11)16/h4-7H,1H2,2-3H3/b10-5+. The minimum Gasteiger partial charge on any atom is -0.287 e. The molecule has 2 rings (SSSR count). The number of hydrogen-bond acceptors (Lipinski definition) is 2.